The smallest absolute Gasteiger partial charge is 0.359 e. The zero-order valence-electron chi connectivity index (χ0n) is 19.6. The summed E-state index contributed by atoms with van der Waals surface area (Å²) in [6.07, 6.45) is 7.93. The van der Waals surface area contributed by atoms with Crippen LogP contribution >= 0.6 is 0 Å². The van der Waals surface area contributed by atoms with E-state index in [-0.39, 0.29) is 36.4 Å². The Morgan fingerprint density at radius 1 is 1.15 bits per heavy atom. The quantitative estimate of drug-likeness (QED) is 0.555. The number of aromatic nitrogens is 2. The number of fused-ring (bicyclic) bond motifs is 1. The minimum absolute atomic E-state index is 0.0253. The maximum absolute atomic E-state index is 13.7. The monoisotopic (exact) mass is 452 g/mol. The van der Waals surface area contributed by atoms with Gasteiger partial charge in [-0.15, -0.1) is 0 Å². The van der Waals surface area contributed by atoms with Crippen LogP contribution in [0.5, 0.6) is 0 Å². The molecule has 4 rings (SSSR count). The van der Waals surface area contributed by atoms with Crippen LogP contribution in [-0.2, 0) is 22.6 Å². The Morgan fingerprint density at radius 3 is 2.45 bits per heavy atom. The minimum atomic E-state index is -1.13. The fourth-order valence-electron chi connectivity index (χ4n) is 4.82. The van der Waals surface area contributed by atoms with Crippen LogP contribution < -0.4 is 5.32 Å². The minimum Gasteiger partial charge on any atom is -0.464 e. The molecule has 33 heavy (non-hydrogen) atoms. The third-order valence-electron chi connectivity index (χ3n) is 6.88. The summed E-state index contributed by atoms with van der Waals surface area (Å²) in [5.74, 6) is -1.24. The van der Waals surface area contributed by atoms with E-state index in [1.165, 1.54) is 26.3 Å². The van der Waals surface area contributed by atoms with Gasteiger partial charge in [0.05, 0.1) is 20.0 Å². The molecule has 176 valence electrons. The molecule has 1 aliphatic carbocycles. The number of hydrogen-bond donors (Lipinski definition) is 1. The summed E-state index contributed by atoms with van der Waals surface area (Å²) in [5, 5.41) is 3.23. The second-order valence-corrected chi connectivity index (χ2v) is 9.37. The van der Waals surface area contributed by atoms with Crippen LogP contribution in [0.2, 0.25) is 0 Å². The van der Waals surface area contributed by atoms with Gasteiger partial charge in [0.25, 0.3) is 5.91 Å². The highest BCUT2D eigenvalue weighted by molar-refractivity contribution is 6.06. The lowest BCUT2D eigenvalue weighted by Gasteiger charge is -2.44. The zero-order chi connectivity index (χ0) is 23.6. The van der Waals surface area contributed by atoms with Crippen molar-refractivity contribution in [2.24, 2.45) is 0 Å². The Hall–Kier alpha value is -3.16. The van der Waals surface area contributed by atoms with E-state index in [2.05, 4.69) is 10.3 Å². The molecular weight excluding hydrogens is 420 g/mol. The van der Waals surface area contributed by atoms with E-state index in [4.69, 9.17) is 4.74 Å². The van der Waals surface area contributed by atoms with E-state index in [0.29, 0.717) is 0 Å². The van der Waals surface area contributed by atoms with Crippen LogP contribution in [-0.4, -0.2) is 50.9 Å². The Labute approximate surface area is 194 Å². The summed E-state index contributed by atoms with van der Waals surface area (Å²) in [6, 6.07) is 8.00. The molecule has 1 aromatic heterocycles. The molecule has 2 aliphatic rings. The van der Waals surface area contributed by atoms with Crippen LogP contribution in [0.1, 0.15) is 77.6 Å². The van der Waals surface area contributed by atoms with E-state index in [1.807, 2.05) is 31.2 Å². The molecule has 8 nitrogen and oxygen atoms in total. The molecule has 2 aromatic rings. The van der Waals surface area contributed by atoms with E-state index in [9.17, 15) is 14.4 Å². The number of imidazole rings is 1. The summed E-state index contributed by atoms with van der Waals surface area (Å²) < 4.78 is 6.43. The van der Waals surface area contributed by atoms with Crippen LogP contribution in [0.4, 0.5) is 0 Å². The number of ether oxygens (including phenoxy) is 1. The molecule has 2 amide bonds. The van der Waals surface area contributed by atoms with Gasteiger partial charge in [-0.25, -0.2) is 9.78 Å². The molecule has 1 fully saturated rings. The number of rotatable bonds is 5. The van der Waals surface area contributed by atoms with Crippen molar-refractivity contribution in [3.63, 3.8) is 0 Å². The summed E-state index contributed by atoms with van der Waals surface area (Å²) in [5.41, 5.74) is 1.03. The predicted octanol–water partition coefficient (Wildman–Crippen LogP) is 3.23. The van der Waals surface area contributed by atoms with Crippen molar-refractivity contribution < 1.29 is 19.1 Å². The van der Waals surface area contributed by atoms with Crippen molar-refractivity contribution in [1.29, 1.82) is 0 Å². The Kier molecular flexibility index (Phi) is 6.54. The average molecular weight is 453 g/mol. The summed E-state index contributed by atoms with van der Waals surface area (Å²) in [7, 11) is 1.26. The van der Waals surface area contributed by atoms with Crippen molar-refractivity contribution in [1.82, 2.24) is 19.8 Å². The fourth-order valence-corrected chi connectivity index (χ4v) is 4.82. The van der Waals surface area contributed by atoms with Crippen molar-refractivity contribution in [3.05, 3.63) is 53.1 Å². The number of esters is 1. The highest BCUT2D eigenvalue weighted by Gasteiger charge is 2.49. The number of nitrogens with one attached hydrogen (secondary N) is 1. The largest absolute Gasteiger partial charge is 0.464 e. The molecule has 1 saturated carbocycles. The average Bonchev–Trinajstić information content (AvgIpc) is 3.05. The molecule has 1 atom stereocenters. The van der Waals surface area contributed by atoms with Crippen LogP contribution in [0.15, 0.2) is 30.6 Å². The summed E-state index contributed by atoms with van der Waals surface area (Å²) >= 11 is 0. The maximum Gasteiger partial charge on any atom is 0.359 e. The van der Waals surface area contributed by atoms with Crippen LogP contribution in [0, 0.1) is 6.92 Å². The molecule has 1 aromatic carbocycles. The van der Waals surface area contributed by atoms with Crippen molar-refractivity contribution in [2.45, 2.75) is 77.0 Å². The lowest BCUT2D eigenvalue weighted by atomic mass is 9.92. The molecule has 0 radical (unpaired) electrons. The number of aryl methyl sites for hydroxylation is 1. The molecule has 8 heteroatoms. The second-order valence-electron chi connectivity index (χ2n) is 9.37. The van der Waals surface area contributed by atoms with Gasteiger partial charge in [-0.3, -0.25) is 9.59 Å². The number of carbonyl (C=O) groups excluding carboxylic acids is 3. The first-order valence-electron chi connectivity index (χ1n) is 11.7. The van der Waals surface area contributed by atoms with Gasteiger partial charge in [0, 0.05) is 12.6 Å². The third-order valence-corrected chi connectivity index (χ3v) is 6.88. The van der Waals surface area contributed by atoms with E-state index >= 15 is 0 Å². The molecule has 0 spiro atoms. The SMILES string of the molecule is COC(=O)c1ncn2c1C(=O)N(Cc1ccc(C)cc1)[C@@](C)(C(=O)NC1CCCCCC1)C2. The number of benzene rings is 1. The third kappa shape index (κ3) is 4.51. The van der Waals surface area contributed by atoms with Crippen molar-refractivity contribution in [3.8, 4) is 0 Å². The van der Waals surface area contributed by atoms with Crippen molar-refractivity contribution >= 4 is 17.8 Å². The van der Waals surface area contributed by atoms with Gasteiger partial charge >= 0.3 is 5.97 Å². The number of carbonyl (C=O) groups is 3. The van der Waals surface area contributed by atoms with Gasteiger partial charge in [-0.2, -0.15) is 0 Å². The molecule has 1 aliphatic heterocycles. The lowest BCUT2D eigenvalue weighted by molar-refractivity contribution is -0.134. The molecule has 0 bridgehead atoms. The lowest BCUT2D eigenvalue weighted by Crippen LogP contribution is -2.64. The first-order chi connectivity index (χ1) is 15.8. The van der Waals surface area contributed by atoms with E-state index < -0.39 is 17.4 Å². The van der Waals surface area contributed by atoms with Gasteiger partial charge in [0.15, 0.2) is 5.69 Å². The molecule has 1 N–H and O–H groups in total. The van der Waals surface area contributed by atoms with E-state index in [0.717, 1.165) is 36.8 Å². The fraction of sp³-hybridized carbons (Fsp3) is 0.520. The first-order valence-corrected chi connectivity index (χ1v) is 11.7. The van der Waals surface area contributed by atoms with Gasteiger partial charge in [-0.05, 0) is 32.3 Å². The van der Waals surface area contributed by atoms with Crippen LogP contribution in [0.25, 0.3) is 0 Å². The topological polar surface area (TPSA) is 93.5 Å². The second kappa shape index (κ2) is 9.37. The van der Waals surface area contributed by atoms with Gasteiger partial charge in [0.1, 0.15) is 11.2 Å². The van der Waals surface area contributed by atoms with Crippen LogP contribution in [0.3, 0.4) is 0 Å². The molecule has 0 unspecified atom stereocenters. The normalized spacial score (nSPS) is 21.3. The van der Waals surface area contributed by atoms with Gasteiger partial charge < -0.3 is 19.5 Å². The van der Waals surface area contributed by atoms with Crippen molar-refractivity contribution in [2.75, 3.05) is 7.11 Å². The first kappa shape index (κ1) is 23.0. The molecule has 2 heterocycles. The molecule has 0 saturated heterocycles. The summed E-state index contributed by atoms with van der Waals surface area (Å²) in [6.45, 7) is 4.26. The number of nitrogens with zero attached hydrogens (tertiary/aromatic N) is 3. The molecular formula is C25H32N4O4. The highest BCUT2D eigenvalue weighted by atomic mass is 16.5. The maximum atomic E-state index is 13.7. The number of hydrogen-bond acceptors (Lipinski definition) is 5. The van der Waals surface area contributed by atoms with E-state index in [1.54, 1.807) is 16.4 Å². The Bertz CT molecular complexity index is 1040. The Balaban J connectivity index is 1.69. The Morgan fingerprint density at radius 2 is 1.82 bits per heavy atom. The highest BCUT2D eigenvalue weighted by Crippen LogP contribution is 2.31. The van der Waals surface area contributed by atoms with Gasteiger partial charge in [0.2, 0.25) is 5.91 Å². The number of methoxy groups -OCH3 is 1. The predicted molar refractivity (Wildman–Crippen MR) is 123 cm³/mol. The summed E-state index contributed by atoms with van der Waals surface area (Å²) in [4.78, 5) is 45.4. The number of amides is 2. The van der Waals surface area contributed by atoms with Gasteiger partial charge in [-0.1, -0.05) is 55.5 Å². The zero-order valence-corrected chi connectivity index (χ0v) is 19.6. The standard InChI is InChI=1S/C25H32N4O4/c1-17-10-12-18(13-11-17)14-29-22(30)21-20(23(31)33-3)26-16-28(21)15-25(29,2)24(32)27-19-8-6-4-5-7-9-19/h10-13,16,19H,4-9,14-15H2,1-3H3,(H,27,32)/t25-/m1/s1.